The molecule has 0 N–H and O–H groups in total. The summed E-state index contributed by atoms with van der Waals surface area (Å²) in [5, 5.41) is 10.9. The molecule has 96 valence electrons. The summed E-state index contributed by atoms with van der Waals surface area (Å²) in [4.78, 5) is 32.2. The number of halogens is 1. The number of nitro groups is 1. The van der Waals surface area contributed by atoms with Crippen molar-refractivity contribution < 1.29 is 19.2 Å². The molecule has 18 heavy (non-hydrogen) atoms. The lowest BCUT2D eigenvalue weighted by Crippen LogP contribution is -2.09. The number of rotatable bonds is 5. The monoisotopic (exact) mass is 315 g/mol. The van der Waals surface area contributed by atoms with E-state index in [0.717, 1.165) is 6.07 Å². The van der Waals surface area contributed by atoms with Crippen LogP contribution in [0.1, 0.15) is 22.8 Å². The highest BCUT2D eigenvalue weighted by Gasteiger charge is 2.19. The molecule has 1 rings (SSSR count). The number of hydrogen-bond donors (Lipinski definition) is 0. The van der Waals surface area contributed by atoms with Crippen molar-refractivity contribution in [2.75, 3.05) is 6.61 Å². The van der Waals surface area contributed by atoms with Crippen molar-refractivity contribution in [1.82, 2.24) is 0 Å². The summed E-state index contributed by atoms with van der Waals surface area (Å²) < 4.78 is 5.14. The molecular formula is C11H10BrNO5. The van der Waals surface area contributed by atoms with Crippen molar-refractivity contribution in [3.05, 3.63) is 37.8 Å². The number of hydrogen-bond acceptors (Lipinski definition) is 5. The van der Waals surface area contributed by atoms with E-state index in [4.69, 9.17) is 4.74 Å². The number of ether oxygens (including phenoxy) is 1. The fraction of sp³-hybridized carbons (Fsp3) is 0.273. The summed E-state index contributed by atoms with van der Waals surface area (Å²) >= 11 is 3.11. The molecule has 0 aliphatic rings. The van der Waals surface area contributed by atoms with Crippen LogP contribution in [-0.2, 0) is 16.0 Å². The molecule has 0 aromatic heterocycles. The van der Waals surface area contributed by atoms with Crippen LogP contribution in [0.15, 0.2) is 16.6 Å². The molecule has 1 aromatic carbocycles. The van der Waals surface area contributed by atoms with Crippen LogP contribution in [0.5, 0.6) is 0 Å². The first-order valence-electron chi connectivity index (χ1n) is 5.07. The molecule has 0 fully saturated rings. The van der Waals surface area contributed by atoms with Crippen LogP contribution in [0.4, 0.5) is 5.69 Å². The van der Waals surface area contributed by atoms with Crippen LogP contribution in [-0.4, -0.2) is 23.8 Å². The number of nitro benzene ring substituents is 1. The molecular weight excluding hydrogens is 306 g/mol. The second-order valence-corrected chi connectivity index (χ2v) is 4.21. The van der Waals surface area contributed by atoms with Gasteiger partial charge in [-0.25, -0.2) is 0 Å². The Morgan fingerprint density at radius 3 is 2.72 bits per heavy atom. The van der Waals surface area contributed by atoms with E-state index in [-0.39, 0.29) is 29.8 Å². The van der Waals surface area contributed by atoms with E-state index in [1.54, 1.807) is 6.92 Å². The van der Waals surface area contributed by atoms with E-state index in [9.17, 15) is 19.7 Å². The van der Waals surface area contributed by atoms with E-state index < -0.39 is 10.9 Å². The summed E-state index contributed by atoms with van der Waals surface area (Å²) in [6.45, 7) is 1.86. The summed E-state index contributed by atoms with van der Waals surface area (Å²) in [5.74, 6) is -0.550. The normalized spacial score (nSPS) is 9.89. The third kappa shape index (κ3) is 3.36. The van der Waals surface area contributed by atoms with Crippen molar-refractivity contribution in [2.24, 2.45) is 0 Å². The van der Waals surface area contributed by atoms with Crippen molar-refractivity contribution in [3.63, 3.8) is 0 Å². The maximum atomic E-state index is 11.3. The molecule has 0 atom stereocenters. The van der Waals surface area contributed by atoms with Gasteiger partial charge in [-0.15, -0.1) is 0 Å². The van der Waals surface area contributed by atoms with Crippen LogP contribution in [0.25, 0.3) is 0 Å². The Kier molecular flexibility index (Phi) is 4.96. The Morgan fingerprint density at radius 1 is 1.56 bits per heavy atom. The van der Waals surface area contributed by atoms with Gasteiger partial charge in [0, 0.05) is 21.7 Å². The highest BCUT2D eigenvalue weighted by Crippen LogP contribution is 2.27. The molecule has 0 unspecified atom stereocenters. The molecule has 0 bridgehead atoms. The predicted molar refractivity (Wildman–Crippen MR) is 66.5 cm³/mol. The molecule has 0 radical (unpaired) electrons. The Balaban J connectivity index is 3.17. The molecule has 0 spiro atoms. The van der Waals surface area contributed by atoms with Gasteiger partial charge in [0.2, 0.25) is 0 Å². The zero-order valence-electron chi connectivity index (χ0n) is 9.51. The lowest BCUT2D eigenvalue weighted by molar-refractivity contribution is -0.385. The number of benzene rings is 1. The van der Waals surface area contributed by atoms with Gasteiger partial charge < -0.3 is 4.74 Å². The van der Waals surface area contributed by atoms with Crippen molar-refractivity contribution in [1.29, 1.82) is 0 Å². The third-order valence-electron chi connectivity index (χ3n) is 2.16. The zero-order chi connectivity index (χ0) is 13.7. The quantitative estimate of drug-likeness (QED) is 0.360. The molecule has 6 nitrogen and oxygen atoms in total. The molecule has 0 saturated heterocycles. The Bertz CT molecular complexity index is 500. The van der Waals surface area contributed by atoms with Crippen LogP contribution < -0.4 is 0 Å². The van der Waals surface area contributed by atoms with Gasteiger partial charge in [0.15, 0.2) is 6.29 Å². The standard InChI is InChI=1S/C11H10BrNO5/c1-2-18-11(15)5-7-3-9(12)8(6-14)4-10(7)13(16)17/h3-4,6H,2,5H2,1H3. The van der Waals surface area contributed by atoms with E-state index in [1.807, 2.05) is 0 Å². The van der Waals surface area contributed by atoms with Gasteiger partial charge in [-0.05, 0) is 13.0 Å². The number of esters is 1. The van der Waals surface area contributed by atoms with Gasteiger partial charge >= 0.3 is 5.97 Å². The number of aldehydes is 1. The molecule has 0 heterocycles. The molecule has 0 aliphatic carbocycles. The third-order valence-corrected chi connectivity index (χ3v) is 2.85. The van der Waals surface area contributed by atoms with E-state index in [1.165, 1.54) is 6.07 Å². The highest BCUT2D eigenvalue weighted by molar-refractivity contribution is 9.10. The smallest absolute Gasteiger partial charge is 0.310 e. The van der Waals surface area contributed by atoms with E-state index >= 15 is 0 Å². The van der Waals surface area contributed by atoms with Gasteiger partial charge in [-0.1, -0.05) is 15.9 Å². The molecule has 7 heteroatoms. The molecule has 1 aromatic rings. The SMILES string of the molecule is CCOC(=O)Cc1cc(Br)c(C=O)cc1[N+](=O)[O-]. The van der Waals surface area contributed by atoms with Gasteiger partial charge in [-0.2, -0.15) is 0 Å². The Labute approximate surface area is 111 Å². The fourth-order valence-electron chi connectivity index (χ4n) is 1.39. The summed E-state index contributed by atoms with van der Waals surface area (Å²) in [7, 11) is 0. The van der Waals surface area contributed by atoms with Crippen molar-refractivity contribution in [3.8, 4) is 0 Å². The second kappa shape index (κ2) is 6.25. The summed E-state index contributed by atoms with van der Waals surface area (Å²) in [5.41, 5.74) is 0.0959. The van der Waals surface area contributed by atoms with Crippen molar-refractivity contribution in [2.45, 2.75) is 13.3 Å². The first-order chi connectivity index (χ1) is 8.49. The maximum Gasteiger partial charge on any atom is 0.310 e. The number of carbonyl (C=O) groups is 2. The first kappa shape index (κ1) is 14.3. The zero-order valence-corrected chi connectivity index (χ0v) is 11.1. The molecule has 0 aliphatic heterocycles. The number of nitrogens with zero attached hydrogens (tertiary/aromatic N) is 1. The Morgan fingerprint density at radius 2 is 2.22 bits per heavy atom. The molecule has 0 amide bonds. The lowest BCUT2D eigenvalue weighted by Gasteiger charge is -2.05. The van der Waals surface area contributed by atoms with Crippen LogP contribution >= 0.6 is 15.9 Å². The van der Waals surface area contributed by atoms with Crippen LogP contribution in [0.3, 0.4) is 0 Å². The minimum Gasteiger partial charge on any atom is -0.466 e. The van der Waals surface area contributed by atoms with Gasteiger partial charge in [0.05, 0.1) is 18.0 Å². The lowest BCUT2D eigenvalue weighted by atomic mass is 10.1. The predicted octanol–water partition coefficient (Wildman–Crippen LogP) is 2.28. The second-order valence-electron chi connectivity index (χ2n) is 3.36. The largest absolute Gasteiger partial charge is 0.466 e. The van der Waals surface area contributed by atoms with Gasteiger partial charge in [-0.3, -0.25) is 19.7 Å². The van der Waals surface area contributed by atoms with Crippen molar-refractivity contribution >= 4 is 33.9 Å². The Hall–Kier alpha value is -1.76. The van der Waals surface area contributed by atoms with Gasteiger partial charge in [0.1, 0.15) is 0 Å². The first-order valence-corrected chi connectivity index (χ1v) is 5.86. The van der Waals surface area contributed by atoms with Crippen LogP contribution in [0, 0.1) is 10.1 Å². The average molecular weight is 316 g/mol. The average Bonchev–Trinajstić information content (AvgIpc) is 2.29. The summed E-state index contributed by atoms with van der Waals surface area (Å²) in [6.07, 6.45) is 0.299. The van der Waals surface area contributed by atoms with Crippen LogP contribution in [0.2, 0.25) is 0 Å². The van der Waals surface area contributed by atoms with E-state index in [2.05, 4.69) is 15.9 Å². The summed E-state index contributed by atoms with van der Waals surface area (Å²) in [6, 6.07) is 2.52. The molecule has 0 saturated carbocycles. The highest BCUT2D eigenvalue weighted by atomic mass is 79.9. The number of carbonyl (C=O) groups excluding carboxylic acids is 2. The van der Waals surface area contributed by atoms with Gasteiger partial charge in [0.25, 0.3) is 5.69 Å². The minimum absolute atomic E-state index is 0.161. The minimum atomic E-state index is -0.631. The topological polar surface area (TPSA) is 86.5 Å². The fourth-order valence-corrected chi connectivity index (χ4v) is 1.87. The van der Waals surface area contributed by atoms with E-state index in [0.29, 0.717) is 10.8 Å². The maximum absolute atomic E-state index is 11.3.